The minimum Gasteiger partial charge on any atom is -0.545 e. The van der Waals surface area contributed by atoms with Crippen LogP contribution in [0.1, 0.15) is 16.1 Å². The molecule has 3 rings (SSSR count). The fraction of sp³-hybridized carbons (Fsp3) is 0. The molecule has 0 radical (unpaired) electrons. The number of carboxylic acid groups (broad SMARTS) is 1. The van der Waals surface area contributed by atoms with Crippen molar-refractivity contribution in [1.29, 1.82) is 0 Å². The maximum absolute atomic E-state index is 11.5. The number of amidine groups is 1. The number of aromatic carboxylic acids is 1. The van der Waals surface area contributed by atoms with E-state index in [9.17, 15) is 14.7 Å². The van der Waals surface area contributed by atoms with Gasteiger partial charge in [0.25, 0.3) is 5.91 Å². The summed E-state index contributed by atoms with van der Waals surface area (Å²) in [6, 6.07) is 9.59. The predicted octanol–water partition coefficient (Wildman–Crippen LogP) is 1.24. The number of hydrogen-bond donors (Lipinski definition) is 1. The van der Waals surface area contributed by atoms with Crippen LogP contribution in [0.25, 0.3) is 17.4 Å². The van der Waals surface area contributed by atoms with Crippen molar-refractivity contribution in [3.63, 3.8) is 0 Å². The van der Waals surface area contributed by atoms with Crippen molar-refractivity contribution < 1.29 is 19.1 Å². The number of amides is 1. The van der Waals surface area contributed by atoms with Crippen molar-refractivity contribution in [3.05, 3.63) is 52.6 Å². The number of hydrogen-bond acceptors (Lipinski definition) is 6. The Morgan fingerprint density at radius 2 is 2.14 bits per heavy atom. The van der Waals surface area contributed by atoms with Gasteiger partial charge in [-0.3, -0.25) is 4.79 Å². The van der Waals surface area contributed by atoms with Gasteiger partial charge >= 0.3 is 0 Å². The Hall–Kier alpha value is -2.80. The molecule has 1 amide bonds. The number of carbonyl (C=O) groups excluding carboxylic acids is 2. The summed E-state index contributed by atoms with van der Waals surface area (Å²) in [5, 5.41) is 11.1. The topological polar surface area (TPSA) is 109 Å². The third kappa shape index (κ3) is 2.79. The molecule has 22 heavy (non-hydrogen) atoms. The maximum Gasteiger partial charge on any atom is 0.286 e. The smallest absolute Gasteiger partial charge is 0.286 e. The normalized spacial score (nSPS) is 16.1. The number of furan rings is 1. The van der Waals surface area contributed by atoms with E-state index in [0.717, 1.165) is 11.8 Å². The van der Waals surface area contributed by atoms with Crippen LogP contribution < -0.4 is 10.8 Å². The molecule has 0 fully saturated rings. The van der Waals surface area contributed by atoms with Crippen LogP contribution in [0, 0.1) is 0 Å². The molecule has 2 N–H and O–H groups in total. The Kier molecular flexibility index (Phi) is 3.56. The van der Waals surface area contributed by atoms with Crippen LogP contribution >= 0.6 is 11.8 Å². The highest BCUT2D eigenvalue weighted by Crippen LogP contribution is 2.29. The highest BCUT2D eigenvalue weighted by Gasteiger charge is 2.20. The molecule has 0 unspecified atom stereocenters. The summed E-state index contributed by atoms with van der Waals surface area (Å²) >= 11 is 1.07. The van der Waals surface area contributed by atoms with Gasteiger partial charge in [-0.15, -0.1) is 0 Å². The minimum absolute atomic E-state index is 0.0662. The van der Waals surface area contributed by atoms with Gasteiger partial charge in [0, 0.05) is 11.6 Å². The molecule has 7 heteroatoms. The summed E-state index contributed by atoms with van der Waals surface area (Å²) in [6.45, 7) is 0. The number of nitrogens with two attached hydrogens (primary N) is 1. The second-order valence-corrected chi connectivity index (χ2v) is 5.50. The lowest BCUT2D eigenvalue weighted by Gasteiger charge is -2.03. The lowest BCUT2D eigenvalue weighted by atomic mass is 10.1. The average molecular weight is 313 g/mol. The number of benzene rings is 1. The van der Waals surface area contributed by atoms with E-state index in [1.54, 1.807) is 30.3 Å². The molecule has 0 aliphatic carbocycles. The van der Waals surface area contributed by atoms with Crippen LogP contribution in [0.2, 0.25) is 0 Å². The Morgan fingerprint density at radius 3 is 2.82 bits per heavy atom. The molecule has 0 spiro atoms. The van der Waals surface area contributed by atoms with Gasteiger partial charge in [-0.2, -0.15) is 4.99 Å². The molecule has 1 aliphatic rings. The van der Waals surface area contributed by atoms with E-state index in [2.05, 4.69) is 4.99 Å². The molecule has 1 aromatic heterocycles. The summed E-state index contributed by atoms with van der Waals surface area (Å²) in [5.74, 6) is -0.718. The van der Waals surface area contributed by atoms with Gasteiger partial charge in [0.05, 0.1) is 10.9 Å². The zero-order valence-corrected chi connectivity index (χ0v) is 11.9. The third-order valence-electron chi connectivity index (χ3n) is 2.92. The first-order chi connectivity index (χ1) is 10.5. The highest BCUT2D eigenvalue weighted by molar-refractivity contribution is 8.18. The first kappa shape index (κ1) is 14.2. The average Bonchev–Trinajstić information content (AvgIpc) is 3.06. The van der Waals surface area contributed by atoms with E-state index >= 15 is 0 Å². The Bertz CT molecular complexity index is 836. The second kappa shape index (κ2) is 5.53. The van der Waals surface area contributed by atoms with Crippen molar-refractivity contribution in [2.45, 2.75) is 0 Å². The van der Waals surface area contributed by atoms with Crippen LogP contribution in [-0.2, 0) is 4.79 Å². The minimum atomic E-state index is -1.25. The largest absolute Gasteiger partial charge is 0.545 e. The summed E-state index contributed by atoms with van der Waals surface area (Å²) in [6.07, 6.45) is 1.54. The van der Waals surface area contributed by atoms with Gasteiger partial charge in [-0.05, 0) is 35.5 Å². The molecule has 2 aromatic rings. The Morgan fingerprint density at radius 1 is 1.32 bits per heavy atom. The summed E-state index contributed by atoms with van der Waals surface area (Å²) in [5.41, 5.74) is 6.14. The van der Waals surface area contributed by atoms with Crippen LogP contribution in [0.15, 0.2) is 50.7 Å². The van der Waals surface area contributed by atoms with E-state index < -0.39 is 11.9 Å². The van der Waals surface area contributed by atoms with Gasteiger partial charge in [0.15, 0.2) is 5.17 Å². The van der Waals surface area contributed by atoms with E-state index in [1.807, 2.05) is 0 Å². The van der Waals surface area contributed by atoms with Gasteiger partial charge in [0.1, 0.15) is 11.5 Å². The lowest BCUT2D eigenvalue weighted by molar-refractivity contribution is -0.255. The molecular weight excluding hydrogens is 304 g/mol. The second-order valence-electron chi connectivity index (χ2n) is 4.44. The standard InChI is InChI=1S/C15H10N2O4S/c16-15-17-13(18)12(22-15)7-10-4-5-11(21-10)8-2-1-3-9(6-8)14(19)20/h1-7H,(H,19,20)(H2,16,17,18)/p-1/b12-7-. The molecule has 0 saturated carbocycles. The highest BCUT2D eigenvalue weighted by atomic mass is 32.2. The van der Waals surface area contributed by atoms with Crippen molar-refractivity contribution in [2.75, 3.05) is 0 Å². The van der Waals surface area contributed by atoms with Crippen LogP contribution in [-0.4, -0.2) is 17.0 Å². The predicted molar refractivity (Wildman–Crippen MR) is 80.7 cm³/mol. The number of rotatable bonds is 3. The lowest BCUT2D eigenvalue weighted by Crippen LogP contribution is -2.22. The number of nitrogens with zero attached hydrogens (tertiary/aromatic N) is 1. The van der Waals surface area contributed by atoms with Gasteiger partial charge < -0.3 is 20.1 Å². The van der Waals surface area contributed by atoms with Crippen molar-refractivity contribution in [2.24, 2.45) is 10.7 Å². The molecule has 0 bridgehead atoms. The molecule has 6 nitrogen and oxygen atoms in total. The number of thioether (sulfide) groups is 1. The van der Waals surface area contributed by atoms with Crippen LogP contribution in [0.3, 0.4) is 0 Å². The maximum atomic E-state index is 11.5. The summed E-state index contributed by atoms with van der Waals surface area (Å²) in [4.78, 5) is 26.4. The van der Waals surface area contributed by atoms with E-state index in [4.69, 9.17) is 10.2 Å². The van der Waals surface area contributed by atoms with Crippen molar-refractivity contribution in [1.82, 2.24) is 0 Å². The fourth-order valence-electron chi connectivity index (χ4n) is 1.94. The van der Waals surface area contributed by atoms with Gasteiger partial charge in [0.2, 0.25) is 0 Å². The van der Waals surface area contributed by atoms with E-state index in [1.165, 1.54) is 12.1 Å². The summed E-state index contributed by atoms with van der Waals surface area (Å²) < 4.78 is 5.60. The van der Waals surface area contributed by atoms with Crippen LogP contribution in [0.4, 0.5) is 0 Å². The van der Waals surface area contributed by atoms with Crippen LogP contribution in [0.5, 0.6) is 0 Å². The SMILES string of the molecule is NC1=NC(=O)/C(=C/c2ccc(-c3cccc(C(=O)[O-])c3)o2)S1. The third-order valence-corrected chi connectivity index (χ3v) is 3.73. The number of aliphatic imine (C=N–C) groups is 1. The molecule has 110 valence electrons. The quantitative estimate of drug-likeness (QED) is 0.854. The zero-order chi connectivity index (χ0) is 15.7. The zero-order valence-electron chi connectivity index (χ0n) is 11.1. The first-order valence-electron chi connectivity index (χ1n) is 6.22. The number of carboxylic acids is 1. The van der Waals surface area contributed by atoms with Gasteiger partial charge in [-0.25, -0.2) is 0 Å². The summed E-state index contributed by atoms with van der Waals surface area (Å²) in [7, 11) is 0. The molecule has 1 aromatic carbocycles. The molecule has 0 atom stereocenters. The fourth-order valence-corrected chi connectivity index (χ4v) is 2.60. The Balaban J connectivity index is 1.89. The number of carbonyl (C=O) groups is 2. The van der Waals surface area contributed by atoms with Gasteiger partial charge in [-0.1, -0.05) is 18.2 Å². The molecule has 2 heterocycles. The first-order valence-corrected chi connectivity index (χ1v) is 7.04. The van der Waals surface area contributed by atoms with E-state index in [0.29, 0.717) is 22.0 Å². The van der Waals surface area contributed by atoms with Crippen molar-refractivity contribution >= 4 is 34.9 Å². The molecule has 0 saturated heterocycles. The molecule has 1 aliphatic heterocycles. The Labute approximate surface area is 129 Å². The van der Waals surface area contributed by atoms with Crippen molar-refractivity contribution in [3.8, 4) is 11.3 Å². The van der Waals surface area contributed by atoms with E-state index in [-0.39, 0.29) is 10.7 Å². The monoisotopic (exact) mass is 313 g/mol. The molecular formula is C15H9N2O4S-.